The predicted molar refractivity (Wildman–Crippen MR) is 91.2 cm³/mol. The molecule has 9 heteroatoms. The molecule has 0 spiro atoms. The Morgan fingerprint density at radius 1 is 1.39 bits per heavy atom. The number of hydrogen-bond acceptors (Lipinski definition) is 6. The summed E-state index contributed by atoms with van der Waals surface area (Å²) in [5.74, 6) is 5.11. The lowest BCUT2D eigenvalue weighted by atomic mass is 10.2. The number of rotatable bonds is 3. The van der Waals surface area contributed by atoms with Crippen molar-refractivity contribution >= 4 is 24.8 Å². The van der Waals surface area contributed by atoms with E-state index in [1.807, 2.05) is 0 Å². The second-order valence-corrected chi connectivity index (χ2v) is 6.68. The van der Waals surface area contributed by atoms with Crippen LogP contribution in [0.4, 0.5) is 9.59 Å². The Bertz CT molecular complexity index is 525. The number of amides is 3. The standard InChI is InChI=1S/C14H25N5O3S/c1-9(17-13(21)22-14(2,3)4)7-16-10-5-6-19(8-11(10)23)12(20)18-15/h7,16,23H,5-6,8,15H2,1-4H3,(H,17,21)(H,18,20). The van der Waals surface area contributed by atoms with Gasteiger partial charge in [-0.3, -0.25) is 10.7 Å². The molecule has 0 unspecified atom stereocenters. The topological polar surface area (TPSA) is 109 Å². The number of nitrogens with one attached hydrogen (secondary N) is 3. The maximum absolute atomic E-state index is 11.6. The Hall–Kier alpha value is -1.87. The first-order chi connectivity index (χ1) is 10.6. The molecule has 5 N–H and O–H groups in total. The van der Waals surface area contributed by atoms with Crippen molar-refractivity contribution in [3.8, 4) is 0 Å². The van der Waals surface area contributed by atoms with Crippen LogP contribution in [0.25, 0.3) is 0 Å². The second kappa shape index (κ2) is 8.11. The predicted octanol–water partition coefficient (Wildman–Crippen LogP) is 1.39. The highest BCUT2D eigenvalue weighted by atomic mass is 32.1. The number of hydrogen-bond donors (Lipinski definition) is 5. The summed E-state index contributed by atoms with van der Waals surface area (Å²) >= 11 is 4.39. The molecule has 0 fully saturated rings. The van der Waals surface area contributed by atoms with Crippen LogP contribution >= 0.6 is 12.6 Å². The third-order valence-corrected chi connectivity index (χ3v) is 3.30. The van der Waals surface area contributed by atoms with Crippen LogP contribution in [-0.4, -0.2) is 35.7 Å². The molecule has 1 rings (SSSR count). The molecule has 3 amide bonds. The van der Waals surface area contributed by atoms with E-state index in [9.17, 15) is 9.59 Å². The number of nitrogens with two attached hydrogens (primary N) is 1. The van der Waals surface area contributed by atoms with Gasteiger partial charge in [0.2, 0.25) is 0 Å². The summed E-state index contributed by atoms with van der Waals surface area (Å²) in [6.07, 6.45) is 1.76. The molecular formula is C14H25N5O3S. The maximum Gasteiger partial charge on any atom is 0.411 e. The molecule has 1 aliphatic heterocycles. The van der Waals surface area contributed by atoms with Gasteiger partial charge in [-0.15, -0.1) is 12.6 Å². The first-order valence-corrected chi connectivity index (χ1v) is 7.67. The van der Waals surface area contributed by atoms with Crippen LogP contribution in [0.2, 0.25) is 0 Å². The SMILES string of the molecule is CC(=CNC1=C(S)CN(C(=O)NN)CC1)NC(=O)OC(C)(C)C. The second-order valence-electron chi connectivity index (χ2n) is 6.14. The average Bonchev–Trinajstić information content (AvgIpc) is 2.42. The number of urea groups is 1. The molecule has 0 radical (unpaired) electrons. The summed E-state index contributed by atoms with van der Waals surface area (Å²) in [6.45, 7) is 8.04. The molecule has 0 saturated carbocycles. The molecule has 0 atom stereocenters. The lowest BCUT2D eigenvalue weighted by molar-refractivity contribution is 0.0546. The van der Waals surface area contributed by atoms with Crippen LogP contribution in [0, 0.1) is 0 Å². The molecule has 1 aliphatic rings. The first kappa shape index (κ1) is 19.2. The van der Waals surface area contributed by atoms with Crippen molar-refractivity contribution < 1.29 is 14.3 Å². The monoisotopic (exact) mass is 343 g/mol. The summed E-state index contributed by atoms with van der Waals surface area (Å²) in [4.78, 5) is 25.4. The number of carbonyl (C=O) groups is 2. The van der Waals surface area contributed by atoms with Crippen molar-refractivity contribution in [1.82, 2.24) is 21.0 Å². The zero-order chi connectivity index (χ0) is 17.6. The van der Waals surface area contributed by atoms with Gasteiger partial charge in [-0.25, -0.2) is 15.4 Å². The van der Waals surface area contributed by atoms with Crippen molar-refractivity contribution in [2.45, 2.75) is 39.7 Å². The van der Waals surface area contributed by atoms with Gasteiger partial charge in [0.05, 0.1) is 6.54 Å². The normalized spacial score (nSPS) is 16.1. The van der Waals surface area contributed by atoms with Crippen LogP contribution in [0.5, 0.6) is 0 Å². The van der Waals surface area contributed by atoms with E-state index < -0.39 is 11.7 Å². The molecule has 0 aliphatic carbocycles. The number of allylic oxidation sites excluding steroid dienone is 1. The van der Waals surface area contributed by atoms with Crippen molar-refractivity contribution in [2.75, 3.05) is 13.1 Å². The van der Waals surface area contributed by atoms with Gasteiger partial charge in [-0.1, -0.05) is 0 Å². The Kier molecular flexibility index (Phi) is 6.77. The minimum Gasteiger partial charge on any atom is -0.444 e. The summed E-state index contributed by atoms with van der Waals surface area (Å²) in [6, 6.07) is -0.339. The molecule has 0 aromatic rings. The van der Waals surface area contributed by atoms with Crippen molar-refractivity contribution in [2.24, 2.45) is 5.84 Å². The van der Waals surface area contributed by atoms with E-state index >= 15 is 0 Å². The van der Waals surface area contributed by atoms with Crippen LogP contribution in [0.3, 0.4) is 0 Å². The van der Waals surface area contributed by atoms with Crippen molar-refractivity contribution in [1.29, 1.82) is 0 Å². The van der Waals surface area contributed by atoms with E-state index in [0.29, 0.717) is 25.2 Å². The van der Waals surface area contributed by atoms with Gasteiger partial charge in [0.25, 0.3) is 0 Å². The first-order valence-electron chi connectivity index (χ1n) is 7.22. The number of alkyl carbamates (subject to hydrolysis) is 1. The summed E-state index contributed by atoms with van der Waals surface area (Å²) in [7, 11) is 0. The van der Waals surface area contributed by atoms with Crippen molar-refractivity contribution in [3.63, 3.8) is 0 Å². The molecule has 8 nitrogen and oxygen atoms in total. The molecule has 0 aromatic heterocycles. The summed E-state index contributed by atoms with van der Waals surface area (Å²) in [5.41, 5.74) is 3.05. The Labute approximate surface area is 141 Å². The highest BCUT2D eigenvalue weighted by Crippen LogP contribution is 2.18. The van der Waals surface area contributed by atoms with E-state index in [-0.39, 0.29) is 6.03 Å². The highest BCUT2D eigenvalue weighted by Gasteiger charge is 2.20. The van der Waals surface area contributed by atoms with Crippen molar-refractivity contribution in [3.05, 3.63) is 22.5 Å². The van der Waals surface area contributed by atoms with Crippen LogP contribution in [0.1, 0.15) is 34.1 Å². The number of ether oxygens (including phenoxy) is 1. The molecule has 23 heavy (non-hydrogen) atoms. The third kappa shape index (κ3) is 6.83. The van der Waals surface area contributed by atoms with Gasteiger partial charge < -0.3 is 15.0 Å². The van der Waals surface area contributed by atoms with Gasteiger partial charge in [0, 0.05) is 35.5 Å². The van der Waals surface area contributed by atoms with Gasteiger partial charge in [0.15, 0.2) is 0 Å². The fourth-order valence-corrected chi connectivity index (χ4v) is 2.21. The van der Waals surface area contributed by atoms with E-state index in [2.05, 4.69) is 28.7 Å². The lowest BCUT2D eigenvalue weighted by Crippen LogP contribution is -2.46. The maximum atomic E-state index is 11.6. The van der Waals surface area contributed by atoms with Gasteiger partial charge in [0.1, 0.15) is 5.60 Å². The van der Waals surface area contributed by atoms with Crippen LogP contribution < -0.4 is 21.9 Å². The quantitative estimate of drug-likeness (QED) is 0.230. The Balaban J connectivity index is 2.56. The smallest absolute Gasteiger partial charge is 0.411 e. The zero-order valence-electron chi connectivity index (χ0n) is 13.9. The number of thiol groups is 1. The van der Waals surface area contributed by atoms with E-state index in [4.69, 9.17) is 10.6 Å². The molecule has 0 saturated heterocycles. The van der Waals surface area contributed by atoms with E-state index in [1.54, 1.807) is 38.8 Å². The largest absolute Gasteiger partial charge is 0.444 e. The number of carbonyl (C=O) groups excluding carboxylic acids is 2. The number of nitrogens with zero attached hydrogens (tertiary/aromatic N) is 1. The zero-order valence-corrected chi connectivity index (χ0v) is 14.8. The van der Waals surface area contributed by atoms with E-state index in [0.717, 1.165) is 10.6 Å². The Morgan fingerprint density at radius 2 is 2.04 bits per heavy atom. The van der Waals surface area contributed by atoms with E-state index in [1.165, 1.54) is 0 Å². The molecule has 1 heterocycles. The molecule has 0 bridgehead atoms. The summed E-state index contributed by atoms with van der Waals surface area (Å²) < 4.78 is 5.17. The number of hydrazine groups is 1. The molecule has 130 valence electrons. The molecular weight excluding hydrogens is 318 g/mol. The van der Waals surface area contributed by atoms with Gasteiger partial charge in [-0.05, 0) is 27.7 Å². The average molecular weight is 343 g/mol. The Morgan fingerprint density at radius 3 is 2.57 bits per heavy atom. The van der Waals surface area contributed by atoms with Gasteiger partial charge >= 0.3 is 12.1 Å². The fraction of sp³-hybridized carbons (Fsp3) is 0.571. The summed E-state index contributed by atoms with van der Waals surface area (Å²) in [5, 5.41) is 5.72. The lowest BCUT2D eigenvalue weighted by Gasteiger charge is -2.28. The molecule has 0 aromatic carbocycles. The fourth-order valence-electron chi connectivity index (χ4n) is 1.86. The third-order valence-electron chi connectivity index (χ3n) is 2.89. The van der Waals surface area contributed by atoms with Crippen LogP contribution in [-0.2, 0) is 4.74 Å². The van der Waals surface area contributed by atoms with Gasteiger partial charge in [-0.2, -0.15) is 0 Å². The minimum absolute atomic E-state index is 0.339. The minimum atomic E-state index is -0.547. The highest BCUT2D eigenvalue weighted by molar-refractivity contribution is 7.84. The van der Waals surface area contributed by atoms with Crippen LogP contribution in [0.15, 0.2) is 22.5 Å².